The monoisotopic (exact) mass is 371 g/mol. The number of hydrogen-bond donors (Lipinski definition) is 1. The van der Waals surface area contributed by atoms with Gasteiger partial charge in [-0.1, -0.05) is 36.6 Å². The summed E-state index contributed by atoms with van der Waals surface area (Å²) in [5.74, 6) is 1.28. The van der Waals surface area contributed by atoms with E-state index in [4.69, 9.17) is 11.6 Å². The smallest absolute Gasteiger partial charge is 0.222 e. The van der Waals surface area contributed by atoms with Crippen molar-refractivity contribution in [3.8, 4) is 11.1 Å². The van der Waals surface area contributed by atoms with Gasteiger partial charge >= 0.3 is 0 Å². The Hall–Kier alpha value is -1.81. The standard InChI is InChI=1S/C21H26ClN3O/c22-18-9-7-16(8-10-18)19-13-23-24-21(19)17-6-3-11-25(14-17)20(26)12-15-4-1-2-5-15/h7-10,13,15,17H,1-6,11-12,14H2,(H,23,24). The zero-order valence-electron chi connectivity index (χ0n) is 15.1. The number of nitrogens with one attached hydrogen (secondary N) is 1. The van der Waals surface area contributed by atoms with Crippen molar-refractivity contribution in [2.24, 2.45) is 5.92 Å². The molecule has 2 heterocycles. The third kappa shape index (κ3) is 3.80. The SMILES string of the molecule is O=C(CC1CCCC1)N1CCCC(c2[nH]ncc2-c2ccc(Cl)cc2)C1. The van der Waals surface area contributed by atoms with Crippen LogP contribution in [0.4, 0.5) is 0 Å². The van der Waals surface area contributed by atoms with Gasteiger partial charge in [0.25, 0.3) is 0 Å². The molecule has 26 heavy (non-hydrogen) atoms. The number of nitrogens with zero attached hydrogens (tertiary/aromatic N) is 2. The van der Waals surface area contributed by atoms with Gasteiger partial charge in [0.05, 0.1) is 6.20 Å². The molecule has 1 atom stereocenters. The number of piperidine rings is 1. The van der Waals surface area contributed by atoms with E-state index in [1.54, 1.807) is 0 Å². The third-order valence-electron chi connectivity index (χ3n) is 5.94. The van der Waals surface area contributed by atoms with E-state index in [0.717, 1.165) is 54.2 Å². The second-order valence-corrected chi connectivity index (χ2v) is 8.17. The minimum Gasteiger partial charge on any atom is -0.342 e. The van der Waals surface area contributed by atoms with Crippen molar-refractivity contribution in [2.75, 3.05) is 13.1 Å². The van der Waals surface area contributed by atoms with Crippen LogP contribution in [0.3, 0.4) is 0 Å². The Labute approximate surface area is 159 Å². The number of carbonyl (C=O) groups is 1. The molecule has 1 aromatic heterocycles. The summed E-state index contributed by atoms with van der Waals surface area (Å²) in [5.41, 5.74) is 3.38. The number of hydrogen-bond acceptors (Lipinski definition) is 2. The summed E-state index contributed by atoms with van der Waals surface area (Å²) in [6.07, 6.45) is 9.81. The highest BCUT2D eigenvalue weighted by molar-refractivity contribution is 6.30. The Bertz CT molecular complexity index is 749. The molecule has 2 fully saturated rings. The highest BCUT2D eigenvalue weighted by Crippen LogP contribution is 2.34. The zero-order chi connectivity index (χ0) is 17.9. The second-order valence-electron chi connectivity index (χ2n) is 7.74. The molecule has 1 amide bonds. The highest BCUT2D eigenvalue weighted by Gasteiger charge is 2.29. The molecule has 2 aliphatic rings. The van der Waals surface area contributed by atoms with Crippen LogP contribution in [-0.2, 0) is 4.79 Å². The predicted molar refractivity (Wildman–Crippen MR) is 104 cm³/mol. The van der Waals surface area contributed by atoms with Crippen molar-refractivity contribution in [3.05, 3.63) is 41.2 Å². The van der Waals surface area contributed by atoms with E-state index in [-0.39, 0.29) is 0 Å². The fourth-order valence-electron chi connectivity index (χ4n) is 4.50. The van der Waals surface area contributed by atoms with Crippen molar-refractivity contribution in [1.29, 1.82) is 0 Å². The highest BCUT2D eigenvalue weighted by atomic mass is 35.5. The lowest BCUT2D eigenvalue weighted by Gasteiger charge is -2.33. The number of rotatable bonds is 4. The molecule has 5 heteroatoms. The average molecular weight is 372 g/mol. The number of benzene rings is 1. The van der Waals surface area contributed by atoms with Crippen molar-refractivity contribution in [1.82, 2.24) is 15.1 Å². The molecule has 1 saturated carbocycles. The maximum atomic E-state index is 12.7. The normalized spacial score (nSPS) is 21.3. The Morgan fingerprint density at radius 2 is 1.92 bits per heavy atom. The number of likely N-dealkylation sites (tertiary alicyclic amines) is 1. The molecule has 0 bridgehead atoms. The molecule has 0 spiro atoms. The maximum absolute atomic E-state index is 12.7. The summed E-state index contributed by atoms with van der Waals surface area (Å²) in [6.45, 7) is 1.70. The number of aromatic nitrogens is 2. The molecule has 4 rings (SSSR count). The van der Waals surface area contributed by atoms with Crippen LogP contribution in [0.5, 0.6) is 0 Å². The molecule has 4 nitrogen and oxygen atoms in total. The molecule has 2 aromatic rings. The van der Waals surface area contributed by atoms with Gasteiger partial charge in [0, 0.05) is 41.7 Å². The van der Waals surface area contributed by atoms with Gasteiger partial charge in [-0.3, -0.25) is 9.89 Å². The average Bonchev–Trinajstić information content (AvgIpc) is 3.34. The van der Waals surface area contributed by atoms with Crippen LogP contribution in [0.2, 0.25) is 5.02 Å². The van der Waals surface area contributed by atoms with Gasteiger partial charge in [0.15, 0.2) is 0 Å². The summed E-state index contributed by atoms with van der Waals surface area (Å²) < 4.78 is 0. The quantitative estimate of drug-likeness (QED) is 0.820. The van der Waals surface area contributed by atoms with E-state index in [1.165, 1.54) is 25.7 Å². The summed E-state index contributed by atoms with van der Waals surface area (Å²) in [6, 6.07) is 7.88. The lowest BCUT2D eigenvalue weighted by atomic mass is 9.90. The molecular formula is C21H26ClN3O. The van der Waals surface area contributed by atoms with Crippen molar-refractivity contribution < 1.29 is 4.79 Å². The first-order valence-corrected chi connectivity index (χ1v) is 10.2. The fourth-order valence-corrected chi connectivity index (χ4v) is 4.62. The Balaban J connectivity index is 1.47. The Morgan fingerprint density at radius 3 is 2.69 bits per heavy atom. The molecule has 1 saturated heterocycles. The Morgan fingerprint density at radius 1 is 1.15 bits per heavy atom. The van der Waals surface area contributed by atoms with Crippen molar-refractivity contribution in [3.63, 3.8) is 0 Å². The molecule has 138 valence electrons. The molecule has 0 radical (unpaired) electrons. The molecule has 1 aliphatic carbocycles. The first-order valence-electron chi connectivity index (χ1n) is 9.77. The van der Waals surface area contributed by atoms with Gasteiger partial charge < -0.3 is 4.90 Å². The number of halogens is 1. The maximum Gasteiger partial charge on any atom is 0.222 e. The van der Waals surface area contributed by atoms with E-state index in [0.29, 0.717) is 17.7 Å². The largest absolute Gasteiger partial charge is 0.342 e. The summed E-state index contributed by atoms with van der Waals surface area (Å²) in [7, 11) is 0. The third-order valence-corrected chi connectivity index (χ3v) is 6.20. The van der Waals surface area contributed by atoms with E-state index in [1.807, 2.05) is 30.5 Å². The van der Waals surface area contributed by atoms with Gasteiger partial charge in [-0.05, 0) is 49.3 Å². The summed E-state index contributed by atoms with van der Waals surface area (Å²) >= 11 is 6.02. The van der Waals surface area contributed by atoms with Crippen LogP contribution >= 0.6 is 11.6 Å². The topological polar surface area (TPSA) is 49.0 Å². The molecule has 1 aromatic carbocycles. The van der Waals surface area contributed by atoms with Crippen LogP contribution in [0.25, 0.3) is 11.1 Å². The minimum absolute atomic E-state index is 0.324. The van der Waals surface area contributed by atoms with E-state index < -0.39 is 0 Å². The van der Waals surface area contributed by atoms with Crippen molar-refractivity contribution >= 4 is 17.5 Å². The van der Waals surface area contributed by atoms with Crippen LogP contribution in [0.15, 0.2) is 30.5 Å². The minimum atomic E-state index is 0.324. The first kappa shape index (κ1) is 17.6. The van der Waals surface area contributed by atoms with Crippen LogP contribution < -0.4 is 0 Å². The summed E-state index contributed by atoms with van der Waals surface area (Å²) in [4.78, 5) is 14.8. The van der Waals surface area contributed by atoms with E-state index in [2.05, 4.69) is 15.1 Å². The van der Waals surface area contributed by atoms with Gasteiger partial charge in [0.1, 0.15) is 0 Å². The predicted octanol–water partition coefficient (Wildman–Crippen LogP) is 5.02. The lowest BCUT2D eigenvalue weighted by Crippen LogP contribution is -2.39. The van der Waals surface area contributed by atoms with Gasteiger partial charge in [-0.15, -0.1) is 0 Å². The molecule has 1 unspecified atom stereocenters. The molecular weight excluding hydrogens is 346 g/mol. The number of amides is 1. The van der Waals surface area contributed by atoms with Gasteiger partial charge in [0.2, 0.25) is 5.91 Å². The van der Waals surface area contributed by atoms with E-state index >= 15 is 0 Å². The van der Waals surface area contributed by atoms with Gasteiger partial charge in [-0.25, -0.2) is 0 Å². The Kier molecular flexibility index (Phi) is 5.30. The number of H-pyrrole nitrogens is 1. The molecule has 1 N–H and O–H groups in total. The fraction of sp³-hybridized carbons (Fsp3) is 0.524. The van der Waals surface area contributed by atoms with Crippen LogP contribution in [0, 0.1) is 5.92 Å². The summed E-state index contributed by atoms with van der Waals surface area (Å²) in [5, 5.41) is 8.22. The lowest BCUT2D eigenvalue weighted by molar-refractivity contribution is -0.133. The number of aromatic amines is 1. The van der Waals surface area contributed by atoms with Crippen LogP contribution in [0.1, 0.15) is 56.6 Å². The van der Waals surface area contributed by atoms with Gasteiger partial charge in [-0.2, -0.15) is 5.10 Å². The van der Waals surface area contributed by atoms with E-state index in [9.17, 15) is 4.79 Å². The van der Waals surface area contributed by atoms with Crippen molar-refractivity contribution in [2.45, 2.75) is 50.9 Å². The second kappa shape index (κ2) is 7.83. The van der Waals surface area contributed by atoms with Crippen LogP contribution in [-0.4, -0.2) is 34.1 Å². The number of carbonyl (C=O) groups excluding carboxylic acids is 1. The first-order chi connectivity index (χ1) is 12.7. The zero-order valence-corrected chi connectivity index (χ0v) is 15.8. The molecule has 1 aliphatic heterocycles.